The Morgan fingerprint density at radius 1 is 0.941 bits per heavy atom. The van der Waals surface area contributed by atoms with Gasteiger partial charge in [0.05, 0.1) is 16.6 Å². The monoisotopic (exact) mass is 532 g/mol. The first-order valence-corrected chi connectivity index (χ1v) is 10.7. The van der Waals surface area contributed by atoms with Gasteiger partial charge in [0.1, 0.15) is 28.7 Å². The van der Waals surface area contributed by atoms with E-state index in [1.165, 1.54) is 4.90 Å². The van der Waals surface area contributed by atoms with Gasteiger partial charge in [-0.3, -0.25) is 4.79 Å². The number of hydrogen-bond acceptors (Lipinski definition) is 3. The summed E-state index contributed by atoms with van der Waals surface area (Å²) in [6.45, 7) is 0.362. The maximum absolute atomic E-state index is 16.0. The van der Waals surface area contributed by atoms with Gasteiger partial charge in [-0.15, -0.1) is 0 Å². The fourth-order valence-corrected chi connectivity index (χ4v) is 4.64. The first-order valence-electron chi connectivity index (χ1n) is 9.94. The van der Waals surface area contributed by atoms with Gasteiger partial charge in [0.15, 0.2) is 5.82 Å². The van der Waals surface area contributed by atoms with Crippen molar-refractivity contribution in [3.63, 3.8) is 0 Å². The van der Waals surface area contributed by atoms with Gasteiger partial charge in [-0.25, -0.2) is 22.4 Å². The van der Waals surface area contributed by atoms with Crippen LogP contribution in [0.2, 0.25) is 0 Å². The summed E-state index contributed by atoms with van der Waals surface area (Å²) in [4.78, 5) is 25.8. The number of halogens is 5. The lowest BCUT2D eigenvalue weighted by molar-refractivity contribution is 0.0695. The second-order valence-corrected chi connectivity index (χ2v) is 8.74. The van der Waals surface area contributed by atoms with Crippen LogP contribution in [0, 0.1) is 23.3 Å². The van der Waals surface area contributed by atoms with E-state index in [4.69, 9.17) is 0 Å². The van der Waals surface area contributed by atoms with Crippen LogP contribution in [0.1, 0.15) is 21.5 Å². The maximum Gasteiger partial charge on any atom is 0.341 e. The minimum absolute atomic E-state index is 0.177. The zero-order valence-corrected chi connectivity index (χ0v) is 18.7. The highest BCUT2D eigenvalue weighted by molar-refractivity contribution is 9.10. The van der Waals surface area contributed by atoms with Gasteiger partial charge in [0.25, 0.3) is 0 Å². The van der Waals surface area contributed by atoms with Gasteiger partial charge in [-0.05, 0) is 41.5 Å². The van der Waals surface area contributed by atoms with Crippen LogP contribution in [-0.2, 0) is 13.1 Å². The SMILES string of the molecule is O=C(O)c1cn(-c2ccc(F)cc2F)c2c(F)c(N3Cc4ccc(Br)cc4C3)c(F)cc2c1=O. The first-order chi connectivity index (χ1) is 16.2. The molecule has 1 N–H and O–H groups in total. The average molecular weight is 533 g/mol. The molecule has 0 saturated heterocycles. The predicted molar refractivity (Wildman–Crippen MR) is 120 cm³/mol. The van der Waals surface area contributed by atoms with Crippen LogP contribution in [0.4, 0.5) is 23.2 Å². The fourth-order valence-electron chi connectivity index (χ4n) is 4.23. The topological polar surface area (TPSA) is 62.5 Å². The van der Waals surface area contributed by atoms with Crippen molar-refractivity contribution in [1.82, 2.24) is 4.57 Å². The van der Waals surface area contributed by atoms with E-state index in [-0.39, 0.29) is 13.1 Å². The summed E-state index contributed by atoms with van der Waals surface area (Å²) in [5.74, 6) is -5.92. The quantitative estimate of drug-likeness (QED) is 0.352. The minimum atomic E-state index is -1.66. The van der Waals surface area contributed by atoms with Crippen LogP contribution in [0.15, 0.2) is 57.9 Å². The number of pyridine rings is 1. The van der Waals surface area contributed by atoms with Gasteiger partial charge < -0.3 is 14.6 Å². The number of aromatic nitrogens is 1. The smallest absolute Gasteiger partial charge is 0.341 e. The summed E-state index contributed by atoms with van der Waals surface area (Å²) in [5.41, 5.74) is -1.62. The van der Waals surface area contributed by atoms with Gasteiger partial charge in [0, 0.05) is 29.8 Å². The lowest BCUT2D eigenvalue weighted by atomic mass is 10.1. The lowest BCUT2D eigenvalue weighted by Crippen LogP contribution is -2.23. The van der Waals surface area contributed by atoms with E-state index in [2.05, 4.69) is 15.9 Å². The van der Waals surface area contributed by atoms with Crippen LogP contribution >= 0.6 is 15.9 Å². The molecule has 0 saturated carbocycles. The molecule has 0 bridgehead atoms. The second-order valence-electron chi connectivity index (χ2n) is 7.83. The average Bonchev–Trinajstić information content (AvgIpc) is 3.17. The van der Waals surface area contributed by atoms with Gasteiger partial charge >= 0.3 is 5.97 Å². The van der Waals surface area contributed by atoms with Crippen LogP contribution in [0.25, 0.3) is 16.6 Å². The molecule has 1 aliphatic heterocycles. The molecule has 5 rings (SSSR count). The highest BCUT2D eigenvalue weighted by Gasteiger charge is 2.29. The number of nitrogens with zero attached hydrogens (tertiary/aromatic N) is 2. The van der Waals surface area contributed by atoms with Gasteiger partial charge in [0.2, 0.25) is 5.43 Å². The number of hydrogen-bond donors (Lipinski definition) is 1. The number of carboxylic acids is 1. The Balaban J connectivity index is 1.81. The molecule has 34 heavy (non-hydrogen) atoms. The Morgan fingerprint density at radius 2 is 1.68 bits per heavy atom. The third kappa shape index (κ3) is 3.45. The normalized spacial score (nSPS) is 12.9. The van der Waals surface area contributed by atoms with E-state index in [0.29, 0.717) is 6.07 Å². The number of carboxylic acid groups (broad SMARTS) is 1. The van der Waals surface area contributed by atoms with Crippen LogP contribution in [-0.4, -0.2) is 15.6 Å². The molecule has 0 amide bonds. The minimum Gasteiger partial charge on any atom is -0.477 e. The van der Waals surface area contributed by atoms with E-state index in [1.807, 2.05) is 12.1 Å². The largest absolute Gasteiger partial charge is 0.477 e. The van der Waals surface area contributed by atoms with E-state index in [1.54, 1.807) is 6.07 Å². The molecule has 0 spiro atoms. The molecule has 4 aromatic rings. The molecule has 0 aliphatic carbocycles. The molecule has 2 heterocycles. The lowest BCUT2D eigenvalue weighted by Gasteiger charge is -2.22. The summed E-state index contributed by atoms with van der Waals surface area (Å²) in [6, 6.07) is 8.62. The molecular weight excluding hydrogens is 520 g/mol. The van der Waals surface area contributed by atoms with Crippen molar-refractivity contribution < 1.29 is 27.5 Å². The maximum atomic E-state index is 16.0. The second kappa shape index (κ2) is 7.98. The Hall–Kier alpha value is -3.66. The zero-order valence-electron chi connectivity index (χ0n) is 17.1. The zero-order chi connectivity index (χ0) is 24.3. The molecule has 0 fully saturated rings. The van der Waals surface area contributed by atoms with Crippen molar-refractivity contribution in [2.24, 2.45) is 0 Å². The van der Waals surface area contributed by atoms with E-state index >= 15 is 8.78 Å². The van der Waals surface area contributed by atoms with E-state index < -0.39 is 62.5 Å². The summed E-state index contributed by atoms with van der Waals surface area (Å²) >= 11 is 3.36. The van der Waals surface area contributed by atoms with Gasteiger partial charge in [-0.2, -0.15) is 0 Å². The molecule has 0 atom stereocenters. The molecule has 0 radical (unpaired) electrons. The van der Waals surface area contributed by atoms with Crippen molar-refractivity contribution in [1.29, 1.82) is 0 Å². The Morgan fingerprint density at radius 3 is 2.38 bits per heavy atom. The van der Waals surface area contributed by atoms with Crippen molar-refractivity contribution in [2.45, 2.75) is 13.1 Å². The molecule has 10 heteroatoms. The summed E-state index contributed by atoms with van der Waals surface area (Å²) < 4.78 is 60.9. The third-order valence-corrected chi connectivity index (χ3v) is 6.26. The molecule has 0 unspecified atom stereocenters. The van der Waals surface area contributed by atoms with Crippen molar-refractivity contribution >= 4 is 38.5 Å². The molecule has 1 aromatic heterocycles. The molecule has 5 nitrogen and oxygen atoms in total. The summed E-state index contributed by atoms with van der Waals surface area (Å²) in [5, 5.41) is 8.85. The third-order valence-electron chi connectivity index (χ3n) is 5.76. The number of benzene rings is 3. The highest BCUT2D eigenvalue weighted by atomic mass is 79.9. The Bertz CT molecular complexity index is 1590. The standard InChI is InChI=1S/C24H13BrF4N2O3/c25-13-2-1-11-8-30(9-12(11)5-13)22-18(28)7-15-21(20(22)29)31(10-16(23(15)32)24(33)34)19-4-3-14(26)6-17(19)27/h1-7,10H,8-9H2,(H,33,34). The number of anilines is 1. The highest BCUT2D eigenvalue weighted by Crippen LogP contribution is 2.37. The molecular formula is C24H13BrF4N2O3. The summed E-state index contributed by atoms with van der Waals surface area (Å²) in [7, 11) is 0. The molecule has 3 aromatic carbocycles. The fraction of sp³-hybridized carbons (Fsp3) is 0.0833. The predicted octanol–water partition coefficient (Wildman–Crippen LogP) is 5.53. The molecule has 1 aliphatic rings. The number of aromatic carboxylic acids is 1. The van der Waals surface area contributed by atoms with Crippen molar-refractivity contribution in [2.75, 3.05) is 4.90 Å². The summed E-state index contributed by atoms with van der Waals surface area (Å²) in [6.07, 6.45) is 0.754. The van der Waals surface area contributed by atoms with Crippen molar-refractivity contribution in [3.8, 4) is 5.69 Å². The van der Waals surface area contributed by atoms with Crippen molar-refractivity contribution in [3.05, 3.63) is 103 Å². The van der Waals surface area contributed by atoms with E-state index in [9.17, 15) is 23.5 Å². The van der Waals surface area contributed by atoms with Crippen LogP contribution in [0.3, 0.4) is 0 Å². The number of fused-ring (bicyclic) bond motifs is 2. The first kappa shape index (κ1) is 22.1. The number of carbonyl (C=O) groups is 1. The van der Waals surface area contributed by atoms with Gasteiger partial charge in [-0.1, -0.05) is 22.0 Å². The molecule has 172 valence electrons. The van der Waals surface area contributed by atoms with Crippen LogP contribution in [0.5, 0.6) is 0 Å². The van der Waals surface area contributed by atoms with E-state index in [0.717, 1.165) is 44.6 Å². The number of rotatable bonds is 3. The van der Waals surface area contributed by atoms with Crippen LogP contribution < -0.4 is 10.3 Å². The Kier molecular flexibility index (Phi) is 5.20. The Labute approximate surface area is 197 Å².